The first-order valence-electron chi connectivity index (χ1n) is 7.83. The molecule has 0 fully saturated rings. The second-order valence-corrected chi connectivity index (χ2v) is 6.66. The smallest absolute Gasteiger partial charge is 0.248 e. The maximum atomic E-state index is 12.3. The lowest BCUT2D eigenvalue weighted by Gasteiger charge is -2.29. The molecule has 1 amide bonds. The second kappa shape index (κ2) is 9.35. The van der Waals surface area contributed by atoms with Gasteiger partial charge in [0.25, 0.3) is 0 Å². The number of ether oxygens (including phenoxy) is 1. The third-order valence-corrected chi connectivity index (χ3v) is 3.15. The van der Waals surface area contributed by atoms with E-state index in [9.17, 15) is 4.79 Å². The van der Waals surface area contributed by atoms with Crippen LogP contribution in [0.25, 0.3) is 0 Å². The van der Waals surface area contributed by atoms with Crippen LogP contribution < -0.4 is 0 Å². The van der Waals surface area contributed by atoms with E-state index in [0.717, 1.165) is 32.7 Å². The molecule has 0 bridgehead atoms. The zero-order valence-electron chi connectivity index (χ0n) is 14.5. The van der Waals surface area contributed by atoms with E-state index in [1.807, 2.05) is 25.7 Å². The normalized spacial score (nSPS) is 12.2. The van der Waals surface area contributed by atoms with Crippen molar-refractivity contribution in [3.8, 4) is 0 Å². The van der Waals surface area contributed by atoms with Crippen molar-refractivity contribution in [3.63, 3.8) is 0 Å². The summed E-state index contributed by atoms with van der Waals surface area (Å²) in [4.78, 5) is 16.6. The summed E-state index contributed by atoms with van der Waals surface area (Å²) in [6.45, 7) is 19.3. The Kier molecular flexibility index (Phi) is 9.06. The zero-order chi connectivity index (χ0) is 15.8. The molecule has 0 aromatic heterocycles. The minimum atomic E-state index is -0.266. The highest BCUT2D eigenvalue weighted by Crippen LogP contribution is 2.08. The molecule has 4 nitrogen and oxygen atoms in total. The van der Waals surface area contributed by atoms with Crippen LogP contribution in [-0.2, 0) is 9.53 Å². The number of carbonyl (C=O) groups is 1. The van der Waals surface area contributed by atoms with Crippen molar-refractivity contribution >= 4 is 5.91 Å². The lowest BCUT2D eigenvalue weighted by atomic mass is 10.2. The molecule has 120 valence electrons. The summed E-state index contributed by atoms with van der Waals surface area (Å²) in [7, 11) is 0. The summed E-state index contributed by atoms with van der Waals surface area (Å²) in [6, 6.07) is 0. The number of hydrogen-bond acceptors (Lipinski definition) is 3. The van der Waals surface area contributed by atoms with Crippen molar-refractivity contribution in [2.75, 3.05) is 39.3 Å². The Hall–Kier alpha value is -0.610. The fourth-order valence-corrected chi connectivity index (χ4v) is 1.93. The minimum Gasteiger partial charge on any atom is -0.366 e. The van der Waals surface area contributed by atoms with Gasteiger partial charge in [-0.3, -0.25) is 4.79 Å². The molecule has 0 radical (unpaired) electrons. The highest BCUT2D eigenvalue weighted by Gasteiger charge is 2.19. The molecule has 20 heavy (non-hydrogen) atoms. The maximum absolute atomic E-state index is 12.3. The van der Waals surface area contributed by atoms with Gasteiger partial charge in [0.05, 0.1) is 5.60 Å². The monoisotopic (exact) mass is 286 g/mol. The second-order valence-electron chi connectivity index (χ2n) is 6.66. The van der Waals surface area contributed by atoms with Gasteiger partial charge in [-0.25, -0.2) is 0 Å². The molecule has 4 heteroatoms. The van der Waals surface area contributed by atoms with Crippen LogP contribution in [0.1, 0.15) is 48.5 Å². The van der Waals surface area contributed by atoms with Crippen LogP contribution in [0.2, 0.25) is 0 Å². The minimum absolute atomic E-state index is 0.0979. The summed E-state index contributed by atoms with van der Waals surface area (Å²) >= 11 is 0. The Bertz CT molecular complexity index is 268. The van der Waals surface area contributed by atoms with E-state index in [1.165, 1.54) is 0 Å². The SMILES string of the molecule is CCN(CC)CCN(CC(C)C)C(=O)COC(C)(C)C. The molecule has 0 spiro atoms. The fourth-order valence-electron chi connectivity index (χ4n) is 1.93. The number of likely N-dealkylation sites (N-methyl/N-ethyl adjacent to an activating group) is 1. The lowest BCUT2D eigenvalue weighted by Crippen LogP contribution is -2.43. The van der Waals surface area contributed by atoms with Gasteiger partial charge in [-0.2, -0.15) is 0 Å². The molecule has 0 aromatic rings. The van der Waals surface area contributed by atoms with Gasteiger partial charge in [0.1, 0.15) is 6.61 Å². The third kappa shape index (κ3) is 9.32. The van der Waals surface area contributed by atoms with Gasteiger partial charge in [-0.1, -0.05) is 27.7 Å². The van der Waals surface area contributed by atoms with Crippen molar-refractivity contribution in [2.24, 2.45) is 5.92 Å². The Morgan fingerprint density at radius 2 is 1.65 bits per heavy atom. The van der Waals surface area contributed by atoms with Crippen LogP contribution in [0.5, 0.6) is 0 Å². The average molecular weight is 286 g/mol. The number of amides is 1. The number of nitrogens with zero attached hydrogens (tertiary/aromatic N) is 2. The van der Waals surface area contributed by atoms with Crippen LogP contribution in [0.3, 0.4) is 0 Å². The Morgan fingerprint density at radius 1 is 1.10 bits per heavy atom. The average Bonchev–Trinajstić information content (AvgIpc) is 2.34. The first-order valence-corrected chi connectivity index (χ1v) is 7.83. The Balaban J connectivity index is 4.42. The highest BCUT2D eigenvalue weighted by atomic mass is 16.5. The molecule has 0 saturated carbocycles. The van der Waals surface area contributed by atoms with Crippen LogP contribution >= 0.6 is 0 Å². The van der Waals surface area contributed by atoms with E-state index >= 15 is 0 Å². The fraction of sp³-hybridized carbons (Fsp3) is 0.938. The van der Waals surface area contributed by atoms with E-state index in [1.54, 1.807) is 0 Å². The van der Waals surface area contributed by atoms with Crippen molar-refractivity contribution in [1.29, 1.82) is 0 Å². The summed E-state index contributed by atoms with van der Waals surface area (Å²) in [5.41, 5.74) is -0.266. The quantitative estimate of drug-likeness (QED) is 0.653. The molecule has 0 heterocycles. The van der Waals surface area contributed by atoms with Gasteiger partial charge >= 0.3 is 0 Å². The number of rotatable bonds is 9. The van der Waals surface area contributed by atoms with Gasteiger partial charge < -0.3 is 14.5 Å². The molecule has 0 saturated heterocycles. The molecule has 0 N–H and O–H groups in total. The molecule has 0 aliphatic carbocycles. The first-order chi connectivity index (χ1) is 9.19. The summed E-state index contributed by atoms with van der Waals surface area (Å²) < 4.78 is 5.61. The number of hydrogen-bond donors (Lipinski definition) is 0. The molecule has 0 atom stereocenters. The van der Waals surface area contributed by atoms with Crippen molar-refractivity contribution in [1.82, 2.24) is 9.80 Å². The molecular weight excluding hydrogens is 252 g/mol. The van der Waals surface area contributed by atoms with Crippen LogP contribution in [0, 0.1) is 5.92 Å². The van der Waals surface area contributed by atoms with Gasteiger partial charge in [0.2, 0.25) is 5.91 Å². The first kappa shape index (κ1) is 19.4. The highest BCUT2D eigenvalue weighted by molar-refractivity contribution is 5.77. The molecule has 0 aliphatic rings. The Labute approximate surface area is 125 Å². The summed E-state index contributed by atoms with van der Waals surface area (Å²) in [6.07, 6.45) is 0. The third-order valence-electron chi connectivity index (χ3n) is 3.15. The van der Waals surface area contributed by atoms with Gasteiger partial charge in [-0.05, 0) is 39.8 Å². The predicted octanol–water partition coefficient (Wildman–Crippen LogP) is 2.63. The van der Waals surface area contributed by atoms with Gasteiger partial charge in [-0.15, -0.1) is 0 Å². The van der Waals surface area contributed by atoms with Crippen LogP contribution in [0.15, 0.2) is 0 Å². The maximum Gasteiger partial charge on any atom is 0.248 e. The zero-order valence-corrected chi connectivity index (χ0v) is 14.5. The van der Waals surface area contributed by atoms with Gasteiger partial charge in [0.15, 0.2) is 0 Å². The molecular formula is C16H34N2O2. The van der Waals surface area contributed by atoms with E-state index in [4.69, 9.17) is 4.74 Å². The van der Waals surface area contributed by atoms with E-state index in [-0.39, 0.29) is 18.1 Å². The Morgan fingerprint density at radius 3 is 2.05 bits per heavy atom. The van der Waals surface area contributed by atoms with Crippen molar-refractivity contribution in [3.05, 3.63) is 0 Å². The van der Waals surface area contributed by atoms with E-state index < -0.39 is 0 Å². The molecule has 0 aliphatic heterocycles. The standard InChI is InChI=1S/C16H34N2O2/c1-8-17(9-2)10-11-18(12-14(3)4)15(19)13-20-16(5,6)7/h14H,8-13H2,1-7H3. The molecule has 0 rings (SSSR count). The molecule has 0 unspecified atom stereocenters. The topological polar surface area (TPSA) is 32.8 Å². The molecule has 0 aromatic carbocycles. The lowest BCUT2D eigenvalue weighted by molar-refractivity contribution is -0.141. The van der Waals surface area contributed by atoms with Crippen LogP contribution in [-0.4, -0.2) is 60.6 Å². The number of carbonyl (C=O) groups excluding carboxylic acids is 1. The van der Waals surface area contributed by atoms with Crippen molar-refractivity contribution < 1.29 is 9.53 Å². The van der Waals surface area contributed by atoms with E-state index in [0.29, 0.717) is 5.92 Å². The summed E-state index contributed by atoms with van der Waals surface area (Å²) in [5.74, 6) is 0.575. The van der Waals surface area contributed by atoms with Gasteiger partial charge in [0, 0.05) is 19.6 Å². The van der Waals surface area contributed by atoms with E-state index in [2.05, 4.69) is 32.6 Å². The van der Waals surface area contributed by atoms with Crippen molar-refractivity contribution in [2.45, 2.75) is 54.1 Å². The predicted molar refractivity (Wildman–Crippen MR) is 84.9 cm³/mol. The van der Waals surface area contributed by atoms with Crippen LogP contribution in [0.4, 0.5) is 0 Å². The summed E-state index contributed by atoms with van der Waals surface area (Å²) in [5, 5.41) is 0. The largest absolute Gasteiger partial charge is 0.366 e.